The molecule has 0 aliphatic carbocycles. The van der Waals surface area contributed by atoms with Crippen LogP contribution in [-0.2, 0) is 0 Å². The van der Waals surface area contributed by atoms with Crippen LogP contribution in [0.3, 0.4) is 0 Å². The standard InChI is InChI=1S/C6H12N2O/c1-2-3-4-5-8-6(7)9/h5H,2-4H2,1H3,(H2,7,9)/p+1. The molecule has 0 heterocycles. The smallest absolute Gasteiger partial charge is 0.434 e. The summed E-state index contributed by atoms with van der Waals surface area (Å²) < 4.78 is 3.49. The second-order valence-corrected chi connectivity index (χ2v) is 1.81. The first-order valence-corrected chi connectivity index (χ1v) is 3.11. The van der Waals surface area contributed by atoms with Crippen LogP contribution in [0.4, 0.5) is 0 Å². The van der Waals surface area contributed by atoms with E-state index >= 15 is 0 Å². The minimum atomic E-state index is -0.355. The lowest BCUT2D eigenvalue weighted by molar-refractivity contribution is 0.542. The lowest BCUT2D eigenvalue weighted by Gasteiger charge is -1.79. The second kappa shape index (κ2) is 5.19. The van der Waals surface area contributed by atoms with Gasteiger partial charge in [-0.1, -0.05) is 13.3 Å². The first-order valence-electron chi connectivity index (χ1n) is 3.11. The Labute approximate surface area is 54.9 Å². The fraction of sp³-hybridized carbons (Fsp3) is 0.667. The SMILES string of the molecule is CCCCC=[N+]=C(N)O. The van der Waals surface area contributed by atoms with Crippen molar-refractivity contribution in [2.24, 2.45) is 5.73 Å². The van der Waals surface area contributed by atoms with Crippen molar-refractivity contribution in [2.75, 3.05) is 0 Å². The summed E-state index contributed by atoms with van der Waals surface area (Å²) in [5, 5.41) is 8.35. The van der Waals surface area contributed by atoms with Crippen molar-refractivity contribution < 1.29 is 5.11 Å². The molecule has 0 aliphatic rings. The van der Waals surface area contributed by atoms with E-state index in [2.05, 4.69) is 11.6 Å². The van der Waals surface area contributed by atoms with Crippen LogP contribution in [0.25, 0.3) is 0 Å². The summed E-state index contributed by atoms with van der Waals surface area (Å²) in [6, 6.07) is -0.355. The Balaban J connectivity index is 3.36. The molecule has 0 aromatic rings. The van der Waals surface area contributed by atoms with Crippen LogP contribution in [-0.4, -0.2) is 17.3 Å². The zero-order valence-electron chi connectivity index (χ0n) is 5.67. The third-order valence-corrected chi connectivity index (χ3v) is 0.910. The monoisotopic (exact) mass is 129 g/mol. The molecular formula is C6H13N2O+. The fourth-order valence-electron chi connectivity index (χ4n) is 0.453. The molecule has 3 heteroatoms. The van der Waals surface area contributed by atoms with E-state index in [1.807, 2.05) is 0 Å². The molecule has 0 saturated heterocycles. The number of nitrogens with two attached hydrogens (primary N) is 1. The Morgan fingerprint density at radius 2 is 2.44 bits per heavy atom. The van der Waals surface area contributed by atoms with E-state index in [1.54, 1.807) is 6.21 Å². The van der Waals surface area contributed by atoms with Crippen molar-refractivity contribution in [1.82, 2.24) is 4.67 Å². The summed E-state index contributed by atoms with van der Waals surface area (Å²) >= 11 is 0. The maximum Gasteiger partial charge on any atom is 0.542 e. The highest BCUT2D eigenvalue weighted by molar-refractivity contribution is 5.73. The lowest BCUT2D eigenvalue weighted by Crippen LogP contribution is -2.13. The van der Waals surface area contributed by atoms with E-state index in [0.29, 0.717) is 0 Å². The zero-order chi connectivity index (χ0) is 7.11. The van der Waals surface area contributed by atoms with Gasteiger partial charge in [-0.25, -0.2) is 5.73 Å². The zero-order valence-corrected chi connectivity index (χ0v) is 5.67. The topological polar surface area (TPSA) is 60.4 Å². The van der Waals surface area contributed by atoms with Crippen LogP contribution in [0, 0.1) is 0 Å². The number of hydrogen-bond donors (Lipinski definition) is 2. The van der Waals surface area contributed by atoms with Crippen LogP contribution in [0.1, 0.15) is 26.2 Å². The van der Waals surface area contributed by atoms with Crippen molar-refractivity contribution in [2.45, 2.75) is 26.2 Å². The highest BCUT2D eigenvalue weighted by atomic mass is 16.3. The normalized spacial score (nSPS) is 8.11. The average molecular weight is 129 g/mol. The maximum atomic E-state index is 8.35. The molecule has 3 N–H and O–H groups in total. The van der Waals surface area contributed by atoms with Crippen molar-refractivity contribution in [1.29, 1.82) is 0 Å². The van der Waals surface area contributed by atoms with Gasteiger partial charge in [0, 0.05) is 6.42 Å². The maximum absolute atomic E-state index is 8.35. The van der Waals surface area contributed by atoms with Crippen LogP contribution in [0.15, 0.2) is 0 Å². The molecule has 0 aliphatic heterocycles. The number of amidine groups is 1. The van der Waals surface area contributed by atoms with Gasteiger partial charge in [0.05, 0.1) is 0 Å². The predicted octanol–water partition coefficient (Wildman–Crippen LogP) is 0.187. The number of rotatable bonds is 3. The predicted molar refractivity (Wildman–Crippen MR) is 39.5 cm³/mol. The molecule has 0 radical (unpaired) electrons. The summed E-state index contributed by atoms with van der Waals surface area (Å²) in [5.74, 6) is 0. The van der Waals surface area contributed by atoms with Gasteiger partial charge in [-0.05, 0) is 6.42 Å². The highest BCUT2D eigenvalue weighted by Gasteiger charge is 1.86. The molecule has 0 bridgehead atoms. The van der Waals surface area contributed by atoms with E-state index in [1.165, 1.54) is 0 Å². The lowest BCUT2D eigenvalue weighted by atomic mass is 10.3. The Kier molecular flexibility index (Phi) is 4.64. The quantitative estimate of drug-likeness (QED) is 0.247. The summed E-state index contributed by atoms with van der Waals surface area (Å²) in [4.78, 5) is 0. The van der Waals surface area contributed by atoms with Gasteiger partial charge in [0.25, 0.3) is 0 Å². The molecular weight excluding hydrogens is 116 g/mol. The van der Waals surface area contributed by atoms with Crippen molar-refractivity contribution in [3.05, 3.63) is 0 Å². The molecule has 9 heavy (non-hydrogen) atoms. The van der Waals surface area contributed by atoms with E-state index in [-0.39, 0.29) is 6.02 Å². The van der Waals surface area contributed by atoms with E-state index in [9.17, 15) is 0 Å². The summed E-state index contributed by atoms with van der Waals surface area (Å²) in [5.41, 5.74) is 4.85. The summed E-state index contributed by atoms with van der Waals surface area (Å²) in [6.45, 7) is 2.10. The first-order chi connectivity index (χ1) is 4.27. The Hall–Kier alpha value is -0.950. The molecule has 0 rings (SSSR count). The highest BCUT2D eigenvalue weighted by Crippen LogP contribution is 1.87. The van der Waals surface area contributed by atoms with Crippen LogP contribution in [0.2, 0.25) is 0 Å². The van der Waals surface area contributed by atoms with Gasteiger partial charge in [0.2, 0.25) is 0 Å². The molecule has 52 valence electrons. The molecule has 0 spiro atoms. The third kappa shape index (κ3) is 7.05. The Morgan fingerprint density at radius 3 is 2.89 bits per heavy atom. The van der Waals surface area contributed by atoms with E-state index in [0.717, 1.165) is 19.3 Å². The molecule has 3 nitrogen and oxygen atoms in total. The van der Waals surface area contributed by atoms with Gasteiger partial charge in [-0.3, -0.25) is 0 Å². The number of nitrogens with zero attached hydrogens (tertiary/aromatic N) is 1. The van der Waals surface area contributed by atoms with Gasteiger partial charge in [0.1, 0.15) is 0 Å². The Bertz CT molecular complexity index is 121. The van der Waals surface area contributed by atoms with Gasteiger partial charge in [-0.2, -0.15) is 4.67 Å². The molecule has 0 aromatic carbocycles. The number of hydrogen-bond acceptors (Lipinski definition) is 0. The van der Waals surface area contributed by atoms with Crippen LogP contribution >= 0.6 is 0 Å². The number of aliphatic hydroxyl groups excluding tert-OH is 1. The van der Waals surface area contributed by atoms with Crippen molar-refractivity contribution >= 4 is 12.2 Å². The summed E-state index contributed by atoms with van der Waals surface area (Å²) in [6.07, 6.45) is 4.74. The van der Waals surface area contributed by atoms with Gasteiger partial charge >= 0.3 is 6.02 Å². The van der Waals surface area contributed by atoms with E-state index < -0.39 is 0 Å². The minimum absolute atomic E-state index is 0.355. The fourth-order valence-corrected chi connectivity index (χ4v) is 0.453. The van der Waals surface area contributed by atoms with Crippen LogP contribution < -0.4 is 10.4 Å². The molecule has 0 amide bonds. The van der Waals surface area contributed by atoms with Gasteiger partial charge in [-0.15, -0.1) is 0 Å². The molecule has 0 unspecified atom stereocenters. The number of aliphatic hydroxyl groups is 1. The van der Waals surface area contributed by atoms with Crippen molar-refractivity contribution in [3.8, 4) is 0 Å². The summed E-state index contributed by atoms with van der Waals surface area (Å²) in [7, 11) is 0. The van der Waals surface area contributed by atoms with Gasteiger partial charge in [0.15, 0.2) is 6.21 Å². The average Bonchev–Trinajstić information content (AvgIpc) is 1.80. The number of unbranched alkanes of at least 4 members (excludes halogenated alkanes) is 2. The Morgan fingerprint density at radius 1 is 1.78 bits per heavy atom. The largest absolute Gasteiger partial charge is 0.542 e. The molecule has 0 saturated carbocycles. The molecule has 0 aromatic heterocycles. The minimum Gasteiger partial charge on any atom is -0.434 e. The third-order valence-electron chi connectivity index (χ3n) is 0.910. The van der Waals surface area contributed by atoms with Gasteiger partial charge < -0.3 is 5.11 Å². The molecule has 0 atom stereocenters. The van der Waals surface area contributed by atoms with E-state index in [4.69, 9.17) is 10.8 Å². The second-order valence-electron chi connectivity index (χ2n) is 1.81. The van der Waals surface area contributed by atoms with Crippen LogP contribution in [0.5, 0.6) is 0 Å². The molecule has 0 fully saturated rings. The first kappa shape index (κ1) is 8.05. The van der Waals surface area contributed by atoms with Crippen molar-refractivity contribution in [3.63, 3.8) is 0 Å².